The molecular formula is C24H24N2O7S. The molecule has 0 spiro atoms. The molecule has 2 atom stereocenters. The molecule has 4 rings (SSSR count). The van der Waals surface area contributed by atoms with Gasteiger partial charge in [-0.3, -0.25) is 14.5 Å². The molecule has 2 aliphatic heterocycles. The van der Waals surface area contributed by atoms with Crippen LogP contribution in [0.1, 0.15) is 21.5 Å². The maximum Gasteiger partial charge on any atom is 0.355 e. The fourth-order valence-corrected chi connectivity index (χ4v) is 5.09. The third kappa shape index (κ3) is 4.46. The zero-order valence-corrected chi connectivity index (χ0v) is 19.4. The summed E-state index contributed by atoms with van der Waals surface area (Å²) >= 11 is 1.35. The van der Waals surface area contributed by atoms with Crippen molar-refractivity contribution in [3.63, 3.8) is 0 Å². The number of phenolic OH excluding ortho intramolecular Hbond substituents is 1. The first-order valence-electron chi connectivity index (χ1n) is 10.5. The second-order valence-corrected chi connectivity index (χ2v) is 9.00. The average molecular weight is 485 g/mol. The molecule has 2 heterocycles. The minimum absolute atomic E-state index is 0.00869. The highest BCUT2D eigenvalue weighted by Gasteiger charge is 2.54. The van der Waals surface area contributed by atoms with Crippen LogP contribution in [0.25, 0.3) is 0 Å². The van der Waals surface area contributed by atoms with Crippen LogP contribution in [0, 0.1) is 6.92 Å². The zero-order chi connectivity index (χ0) is 24.4. The van der Waals surface area contributed by atoms with Gasteiger partial charge in [0.25, 0.3) is 11.8 Å². The largest absolute Gasteiger partial charge is 0.508 e. The van der Waals surface area contributed by atoms with Crippen LogP contribution in [0.2, 0.25) is 0 Å². The van der Waals surface area contributed by atoms with E-state index in [4.69, 9.17) is 9.47 Å². The van der Waals surface area contributed by atoms with Gasteiger partial charge >= 0.3 is 5.97 Å². The van der Waals surface area contributed by atoms with Crippen LogP contribution < -0.4 is 10.1 Å². The third-order valence-electron chi connectivity index (χ3n) is 5.71. The number of carbonyl (C=O) groups is 3. The first-order valence-corrected chi connectivity index (χ1v) is 11.6. The van der Waals surface area contributed by atoms with E-state index in [0.717, 1.165) is 5.56 Å². The number of esters is 1. The van der Waals surface area contributed by atoms with Crippen molar-refractivity contribution >= 4 is 29.5 Å². The number of hydrogen-bond donors (Lipinski definition) is 3. The molecule has 1 fully saturated rings. The predicted molar refractivity (Wildman–Crippen MR) is 124 cm³/mol. The van der Waals surface area contributed by atoms with E-state index in [1.807, 2.05) is 0 Å². The standard InChI is InChI=1S/C24H24N2O7S/c1-13-9-15(5-8-18(13)28)21(29)25-19-22(30)26-20(16(10-27)12-34-23(19)26)24(31)33-11-14-3-6-17(32-2)7-4-14/h3-9,19,23,27-28H,10-12H2,1-2H3,(H,25,29)/t19?,23-/m1/s1. The second-order valence-electron chi connectivity index (χ2n) is 7.90. The molecule has 0 radical (unpaired) electrons. The van der Waals surface area contributed by atoms with E-state index in [-0.39, 0.29) is 24.7 Å². The molecular weight excluding hydrogens is 460 g/mol. The summed E-state index contributed by atoms with van der Waals surface area (Å²) < 4.78 is 10.5. The second kappa shape index (κ2) is 9.78. The quantitative estimate of drug-likeness (QED) is 0.401. The fraction of sp³-hybridized carbons (Fsp3) is 0.292. The number of aliphatic hydroxyl groups excluding tert-OH is 1. The number of aryl methyl sites for hydroxylation is 1. The van der Waals surface area contributed by atoms with Gasteiger partial charge in [0, 0.05) is 11.3 Å². The molecule has 3 N–H and O–H groups in total. The number of hydrogen-bond acceptors (Lipinski definition) is 8. The van der Waals surface area contributed by atoms with Crippen LogP contribution in [0.4, 0.5) is 0 Å². The maximum absolute atomic E-state index is 12.9. The van der Waals surface area contributed by atoms with Gasteiger partial charge in [0.2, 0.25) is 0 Å². The monoisotopic (exact) mass is 484 g/mol. The number of benzene rings is 2. The van der Waals surface area contributed by atoms with Gasteiger partial charge in [-0.2, -0.15) is 0 Å². The van der Waals surface area contributed by atoms with Crippen LogP contribution >= 0.6 is 11.8 Å². The summed E-state index contributed by atoms with van der Waals surface area (Å²) in [4.78, 5) is 39.7. The van der Waals surface area contributed by atoms with Crippen molar-refractivity contribution in [3.05, 3.63) is 70.4 Å². The summed E-state index contributed by atoms with van der Waals surface area (Å²) in [5, 5.41) is 21.6. The summed E-state index contributed by atoms with van der Waals surface area (Å²) in [6, 6.07) is 10.6. The molecule has 9 nitrogen and oxygen atoms in total. The van der Waals surface area contributed by atoms with E-state index in [1.165, 1.54) is 34.9 Å². The number of phenols is 1. The lowest BCUT2D eigenvalue weighted by atomic mass is 10.0. The van der Waals surface area contributed by atoms with Gasteiger partial charge in [0.15, 0.2) is 0 Å². The van der Waals surface area contributed by atoms with Gasteiger partial charge in [-0.05, 0) is 54.0 Å². The number of aromatic hydroxyl groups is 1. The van der Waals surface area contributed by atoms with Gasteiger partial charge in [-0.25, -0.2) is 4.79 Å². The van der Waals surface area contributed by atoms with Gasteiger partial charge < -0.3 is 25.0 Å². The van der Waals surface area contributed by atoms with Crippen molar-refractivity contribution in [1.82, 2.24) is 10.2 Å². The summed E-state index contributed by atoms with van der Waals surface area (Å²) in [7, 11) is 1.56. The minimum Gasteiger partial charge on any atom is -0.508 e. The highest BCUT2D eigenvalue weighted by molar-refractivity contribution is 8.00. The third-order valence-corrected chi connectivity index (χ3v) is 7.05. The average Bonchev–Trinajstić information content (AvgIpc) is 2.86. The number of amides is 2. The molecule has 0 aromatic heterocycles. The van der Waals surface area contributed by atoms with E-state index < -0.39 is 29.2 Å². The smallest absolute Gasteiger partial charge is 0.355 e. The number of fused-ring (bicyclic) bond motifs is 1. The molecule has 178 valence electrons. The first-order chi connectivity index (χ1) is 16.3. The maximum atomic E-state index is 12.9. The van der Waals surface area contributed by atoms with Gasteiger partial charge in [0.05, 0.1) is 13.7 Å². The number of aliphatic hydroxyl groups is 1. The lowest BCUT2D eigenvalue weighted by Crippen LogP contribution is -2.70. The minimum atomic E-state index is -0.823. The fourth-order valence-electron chi connectivity index (χ4n) is 3.75. The Hall–Kier alpha value is -3.50. The Morgan fingerprint density at radius 2 is 1.94 bits per heavy atom. The predicted octanol–water partition coefficient (Wildman–Crippen LogP) is 1.71. The van der Waals surface area contributed by atoms with E-state index >= 15 is 0 Å². The van der Waals surface area contributed by atoms with Crippen molar-refractivity contribution in [3.8, 4) is 11.5 Å². The summed E-state index contributed by atoms with van der Waals surface area (Å²) in [5.41, 5.74) is 2.02. The Bertz CT molecular complexity index is 1160. The van der Waals surface area contributed by atoms with Crippen LogP contribution in [0.3, 0.4) is 0 Å². The Morgan fingerprint density at radius 3 is 2.59 bits per heavy atom. The molecule has 2 amide bonds. The number of carbonyl (C=O) groups excluding carboxylic acids is 3. The normalized spacial score (nSPS) is 19.3. The van der Waals surface area contributed by atoms with Gasteiger partial charge in [-0.1, -0.05) is 12.1 Å². The van der Waals surface area contributed by atoms with Gasteiger partial charge in [-0.15, -0.1) is 11.8 Å². The summed E-state index contributed by atoms with van der Waals surface area (Å²) in [5.74, 6) is -0.551. The van der Waals surface area contributed by atoms with E-state index in [0.29, 0.717) is 28.2 Å². The molecule has 10 heteroatoms. The Morgan fingerprint density at radius 1 is 1.21 bits per heavy atom. The van der Waals surface area contributed by atoms with Gasteiger partial charge in [0.1, 0.15) is 35.2 Å². The molecule has 1 saturated heterocycles. The molecule has 34 heavy (non-hydrogen) atoms. The van der Waals surface area contributed by atoms with Crippen LogP contribution in [0.5, 0.6) is 11.5 Å². The van der Waals surface area contributed by atoms with Crippen molar-refractivity contribution in [2.45, 2.75) is 24.9 Å². The molecule has 0 saturated carbocycles. The number of rotatable bonds is 7. The lowest BCUT2D eigenvalue weighted by molar-refractivity contribution is -0.152. The Balaban J connectivity index is 1.45. The number of nitrogens with one attached hydrogen (secondary N) is 1. The van der Waals surface area contributed by atoms with Crippen molar-refractivity contribution in [2.75, 3.05) is 19.5 Å². The molecule has 2 aromatic carbocycles. The van der Waals surface area contributed by atoms with Crippen LogP contribution in [-0.2, 0) is 20.9 Å². The highest BCUT2D eigenvalue weighted by Crippen LogP contribution is 2.40. The summed E-state index contributed by atoms with van der Waals surface area (Å²) in [6.45, 7) is 1.27. The number of β-lactam (4-membered cyclic amide) rings is 1. The lowest BCUT2D eigenvalue weighted by Gasteiger charge is -2.49. The number of nitrogens with zero attached hydrogens (tertiary/aromatic N) is 1. The molecule has 2 aliphatic rings. The number of ether oxygens (including phenoxy) is 2. The van der Waals surface area contributed by atoms with E-state index in [9.17, 15) is 24.6 Å². The highest BCUT2D eigenvalue weighted by atomic mass is 32.2. The van der Waals surface area contributed by atoms with Crippen molar-refractivity contribution < 1.29 is 34.1 Å². The van der Waals surface area contributed by atoms with Crippen molar-refractivity contribution in [1.29, 1.82) is 0 Å². The SMILES string of the molecule is COc1ccc(COC(=O)C2=C(CO)CS[C@@H]3C(NC(=O)c4ccc(O)c(C)c4)C(=O)N23)cc1. The number of thioether (sulfide) groups is 1. The molecule has 0 aliphatic carbocycles. The first kappa shape index (κ1) is 23.7. The zero-order valence-electron chi connectivity index (χ0n) is 18.6. The number of methoxy groups -OCH3 is 1. The van der Waals surface area contributed by atoms with Crippen molar-refractivity contribution in [2.24, 2.45) is 0 Å². The van der Waals surface area contributed by atoms with Crippen LogP contribution in [0.15, 0.2) is 53.7 Å². The topological polar surface area (TPSA) is 125 Å². The Kier molecular flexibility index (Phi) is 6.80. The molecule has 0 bridgehead atoms. The Labute approximate surface area is 200 Å². The van der Waals surface area contributed by atoms with E-state index in [2.05, 4.69) is 5.32 Å². The summed E-state index contributed by atoms with van der Waals surface area (Å²) in [6.07, 6.45) is 0. The van der Waals surface area contributed by atoms with Crippen LogP contribution in [-0.4, -0.2) is 63.8 Å². The molecule has 2 aromatic rings. The molecule has 1 unspecified atom stereocenters. The van der Waals surface area contributed by atoms with E-state index in [1.54, 1.807) is 38.3 Å².